The van der Waals surface area contributed by atoms with Gasteiger partial charge < -0.3 is 20.5 Å². The first kappa shape index (κ1) is 21.8. The third-order valence-corrected chi connectivity index (χ3v) is 4.22. The molecule has 7 heteroatoms. The molecule has 1 unspecified atom stereocenters. The molecule has 2 aromatic rings. The Balaban J connectivity index is 1.89. The molecule has 0 bridgehead atoms. The highest BCUT2D eigenvalue weighted by molar-refractivity contribution is 5.79. The van der Waals surface area contributed by atoms with E-state index < -0.39 is 5.60 Å². The molecule has 154 valence electrons. The number of hydrogen-bond donors (Lipinski definition) is 3. The molecule has 0 fully saturated rings. The molecule has 7 nitrogen and oxygen atoms in total. The van der Waals surface area contributed by atoms with Gasteiger partial charge in [0.2, 0.25) is 0 Å². The van der Waals surface area contributed by atoms with E-state index in [9.17, 15) is 5.11 Å². The molecule has 0 spiro atoms. The quantitative estimate of drug-likeness (QED) is 0.454. The number of aryl methyl sites for hydroxylation is 1. The van der Waals surface area contributed by atoms with Gasteiger partial charge in [0.1, 0.15) is 11.4 Å². The highest BCUT2D eigenvalue weighted by atomic mass is 16.5. The van der Waals surface area contributed by atoms with Crippen molar-refractivity contribution in [3.8, 4) is 5.75 Å². The van der Waals surface area contributed by atoms with Gasteiger partial charge >= 0.3 is 0 Å². The molecule has 0 aliphatic rings. The van der Waals surface area contributed by atoms with Crippen LogP contribution in [0.25, 0.3) is 0 Å². The molecule has 1 aromatic heterocycles. The van der Waals surface area contributed by atoms with E-state index in [1.807, 2.05) is 46.1 Å². The van der Waals surface area contributed by atoms with Crippen molar-refractivity contribution in [3.05, 3.63) is 47.8 Å². The Morgan fingerprint density at radius 3 is 2.57 bits per heavy atom. The smallest absolute Gasteiger partial charge is 0.191 e. The molecule has 2 rings (SSSR count). The highest BCUT2D eigenvalue weighted by Gasteiger charge is 2.24. The van der Waals surface area contributed by atoms with E-state index in [1.54, 1.807) is 17.8 Å². The van der Waals surface area contributed by atoms with Gasteiger partial charge in [-0.15, -0.1) is 0 Å². The molecule has 1 atom stereocenters. The Morgan fingerprint density at radius 2 is 2.00 bits per heavy atom. The highest BCUT2D eigenvalue weighted by Crippen LogP contribution is 2.19. The largest absolute Gasteiger partial charge is 0.491 e. The summed E-state index contributed by atoms with van der Waals surface area (Å²) in [6.07, 6.45) is 4.52. The van der Waals surface area contributed by atoms with Gasteiger partial charge in [-0.3, -0.25) is 4.68 Å². The average Bonchev–Trinajstić information content (AvgIpc) is 3.08. The van der Waals surface area contributed by atoms with Crippen molar-refractivity contribution in [2.75, 3.05) is 19.6 Å². The maximum absolute atomic E-state index is 10.7. The minimum atomic E-state index is -1.07. The third-order valence-electron chi connectivity index (χ3n) is 4.22. The molecule has 1 aromatic carbocycles. The summed E-state index contributed by atoms with van der Waals surface area (Å²) in [5, 5.41) is 21.3. The van der Waals surface area contributed by atoms with Crippen molar-refractivity contribution in [1.82, 2.24) is 20.4 Å². The zero-order chi connectivity index (χ0) is 20.6. The van der Waals surface area contributed by atoms with Gasteiger partial charge in [0.05, 0.1) is 18.8 Å². The van der Waals surface area contributed by atoms with E-state index in [2.05, 4.69) is 32.9 Å². The monoisotopic (exact) mass is 387 g/mol. The lowest BCUT2D eigenvalue weighted by Gasteiger charge is -2.20. The number of guanidine groups is 1. The molecule has 0 saturated carbocycles. The zero-order valence-electron chi connectivity index (χ0n) is 17.6. The van der Waals surface area contributed by atoms with Gasteiger partial charge in [0, 0.05) is 31.9 Å². The van der Waals surface area contributed by atoms with Crippen LogP contribution in [0.5, 0.6) is 5.75 Å². The number of rotatable bonds is 9. The molecule has 0 aliphatic heterocycles. The predicted octanol–water partition coefficient (Wildman–Crippen LogP) is 2.21. The number of nitrogens with one attached hydrogen (secondary N) is 2. The van der Waals surface area contributed by atoms with Crippen LogP contribution in [0, 0.1) is 0 Å². The van der Waals surface area contributed by atoms with Gasteiger partial charge in [-0.25, -0.2) is 4.99 Å². The lowest BCUT2D eigenvalue weighted by atomic mass is 10.0. The van der Waals surface area contributed by atoms with E-state index in [0.29, 0.717) is 5.96 Å². The Bertz CT molecular complexity index is 750. The standard InChI is InChI=1S/C21H33N5O2/c1-6-22-20(24-15-21(4,27)18-13-25-26(5)14-18)23-12-11-17-7-9-19(10-8-17)28-16(2)3/h7-10,13-14,16,27H,6,11-12,15H2,1-5H3,(H2,22,23,24). The van der Waals surface area contributed by atoms with E-state index in [-0.39, 0.29) is 12.6 Å². The fourth-order valence-electron chi connectivity index (χ4n) is 2.70. The van der Waals surface area contributed by atoms with Crippen molar-refractivity contribution < 1.29 is 9.84 Å². The number of benzene rings is 1. The Labute approximate surface area is 167 Å². The number of aromatic nitrogens is 2. The van der Waals surface area contributed by atoms with Crippen LogP contribution in [-0.2, 0) is 19.1 Å². The molecule has 0 saturated heterocycles. The molecule has 1 heterocycles. The fraction of sp³-hybridized carbons (Fsp3) is 0.524. The average molecular weight is 388 g/mol. The Kier molecular flexibility index (Phi) is 7.87. The van der Waals surface area contributed by atoms with E-state index >= 15 is 0 Å². The van der Waals surface area contributed by atoms with Crippen LogP contribution in [0.3, 0.4) is 0 Å². The Morgan fingerprint density at radius 1 is 1.29 bits per heavy atom. The molecule has 0 amide bonds. The van der Waals surface area contributed by atoms with Crippen LogP contribution >= 0.6 is 0 Å². The number of hydrogen-bond acceptors (Lipinski definition) is 4. The number of nitrogens with zero attached hydrogens (tertiary/aromatic N) is 3. The summed E-state index contributed by atoms with van der Waals surface area (Å²) in [6.45, 7) is 9.54. The molecule has 0 radical (unpaired) electrons. The summed E-state index contributed by atoms with van der Waals surface area (Å²) >= 11 is 0. The second kappa shape index (κ2) is 10.1. The number of aliphatic imine (C=N–C) groups is 1. The van der Waals surface area contributed by atoms with Crippen molar-refractivity contribution in [2.24, 2.45) is 12.0 Å². The van der Waals surface area contributed by atoms with Crippen molar-refractivity contribution in [1.29, 1.82) is 0 Å². The van der Waals surface area contributed by atoms with Gasteiger partial charge in [-0.2, -0.15) is 5.10 Å². The third kappa shape index (κ3) is 6.88. The van der Waals surface area contributed by atoms with E-state index in [0.717, 1.165) is 30.8 Å². The maximum Gasteiger partial charge on any atom is 0.191 e. The summed E-state index contributed by atoms with van der Waals surface area (Å²) in [5.41, 5.74) is 0.906. The summed E-state index contributed by atoms with van der Waals surface area (Å²) in [6, 6.07) is 8.16. The van der Waals surface area contributed by atoms with Gasteiger partial charge in [-0.1, -0.05) is 12.1 Å². The number of ether oxygens (including phenoxy) is 1. The van der Waals surface area contributed by atoms with E-state index in [4.69, 9.17) is 4.74 Å². The second-order valence-electron chi connectivity index (χ2n) is 7.36. The minimum absolute atomic E-state index is 0.176. The second-order valence-corrected chi connectivity index (χ2v) is 7.36. The van der Waals surface area contributed by atoms with Crippen molar-refractivity contribution in [3.63, 3.8) is 0 Å². The molecular formula is C21H33N5O2. The summed E-state index contributed by atoms with van der Waals surface area (Å²) in [7, 11) is 1.83. The first-order chi connectivity index (χ1) is 13.3. The summed E-state index contributed by atoms with van der Waals surface area (Å²) in [4.78, 5) is 4.54. The number of aliphatic hydroxyl groups is 1. The van der Waals surface area contributed by atoms with E-state index in [1.165, 1.54) is 5.56 Å². The van der Waals surface area contributed by atoms with Crippen molar-refractivity contribution in [2.45, 2.75) is 45.8 Å². The summed E-state index contributed by atoms with van der Waals surface area (Å²) < 4.78 is 7.35. The maximum atomic E-state index is 10.7. The van der Waals surface area contributed by atoms with Crippen LogP contribution in [0.2, 0.25) is 0 Å². The predicted molar refractivity (Wildman–Crippen MR) is 113 cm³/mol. The summed E-state index contributed by atoms with van der Waals surface area (Å²) in [5.74, 6) is 1.57. The zero-order valence-corrected chi connectivity index (χ0v) is 17.6. The lowest BCUT2D eigenvalue weighted by Crippen LogP contribution is -2.39. The normalized spacial score (nSPS) is 14.0. The van der Waals surface area contributed by atoms with Crippen LogP contribution in [0.15, 0.2) is 41.7 Å². The van der Waals surface area contributed by atoms with Gasteiger partial charge in [0.25, 0.3) is 0 Å². The molecular weight excluding hydrogens is 354 g/mol. The molecule has 0 aliphatic carbocycles. The van der Waals surface area contributed by atoms with Gasteiger partial charge in [0.15, 0.2) is 5.96 Å². The van der Waals surface area contributed by atoms with Gasteiger partial charge in [-0.05, 0) is 51.8 Å². The minimum Gasteiger partial charge on any atom is -0.491 e. The lowest BCUT2D eigenvalue weighted by molar-refractivity contribution is 0.0672. The van der Waals surface area contributed by atoms with Crippen molar-refractivity contribution >= 4 is 5.96 Å². The van der Waals surface area contributed by atoms with Crippen LogP contribution < -0.4 is 15.4 Å². The van der Waals surface area contributed by atoms with Crippen LogP contribution in [0.1, 0.15) is 38.8 Å². The fourth-order valence-corrected chi connectivity index (χ4v) is 2.70. The van der Waals surface area contributed by atoms with Crippen LogP contribution in [-0.4, -0.2) is 46.6 Å². The van der Waals surface area contributed by atoms with Crippen LogP contribution in [0.4, 0.5) is 0 Å². The SMILES string of the molecule is CCNC(=NCC(C)(O)c1cnn(C)c1)NCCc1ccc(OC(C)C)cc1. The Hall–Kier alpha value is -2.54. The molecule has 3 N–H and O–H groups in total. The molecule has 28 heavy (non-hydrogen) atoms. The first-order valence-corrected chi connectivity index (χ1v) is 9.79. The topological polar surface area (TPSA) is 83.7 Å². The first-order valence-electron chi connectivity index (χ1n) is 9.79.